The normalized spacial score (nSPS) is 13.5. The lowest BCUT2D eigenvalue weighted by atomic mass is 10.1. The lowest BCUT2D eigenvalue weighted by Gasteiger charge is -2.24. The standard InChI is InChI=1S/C24H26N2O3/c1-18(13-21-5-3-4-12-25-21)26(2)15-19-6-9-22(10-7-19)27-16-20-8-11-23-24(14-20)29-17-28-23/h3-12,14,18H,13,15-17H2,1-2H3/t18-/m0/s1. The molecule has 0 fully saturated rings. The molecule has 5 nitrogen and oxygen atoms in total. The number of fused-ring (bicyclic) bond motifs is 1. The van der Waals surface area contributed by atoms with Crippen LogP contribution in [-0.4, -0.2) is 29.8 Å². The van der Waals surface area contributed by atoms with Crippen molar-refractivity contribution >= 4 is 0 Å². The highest BCUT2D eigenvalue weighted by Crippen LogP contribution is 2.32. The van der Waals surface area contributed by atoms with Gasteiger partial charge in [-0.25, -0.2) is 0 Å². The van der Waals surface area contributed by atoms with Gasteiger partial charge in [-0.1, -0.05) is 24.3 Å². The van der Waals surface area contributed by atoms with Crippen LogP contribution in [0.1, 0.15) is 23.7 Å². The summed E-state index contributed by atoms with van der Waals surface area (Å²) in [4.78, 5) is 6.77. The minimum atomic E-state index is 0.288. The van der Waals surface area contributed by atoms with Crippen molar-refractivity contribution in [3.8, 4) is 17.2 Å². The van der Waals surface area contributed by atoms with Crippen LogP contribution in [0.3, 0.4) is 0 Å². The van der Waals surface area contributed by atoms with Crippen molar-refractivity contribution in [1.29, 1.82) is 0 Å². The molecular formula is C24H26N2O3. The average molecular weight is 390 g/mol. The van der Waals surface area contributed by atoms with Gasteiger partial charge in [-0.3, -0.25) is 9.88 Å². The molecule has 0 spiro atoms. The van der Waals surface area contributed by atoms with E-state index in [2.05, 4.69) is 42.1 Å². The van der Waals surface area contributed by atoms with E-state index >= 15 is 0 Å². The zero-order valence-corrected chi connectivity index (χ0v) is 16.9. The summed E-state index contributed by atoms with van der Waals surface area (Å²) >= 11 is 0. The minimum absolute atomic E-state index is 0.288. The van der Waals surface area contributed by atoms with Gasteiger partial charge in [-0.05, 0) is 61.5 Å². The summed E-state index contributed by atoms with van der Waals surface area (Å²) in [7, 11) is 2.15. The first-order chi connectivity index (χ1) is 14.2. The fourth-order valence-corrected chi connectivity index (χ4v) is 3.31. The van der Waals surface area contributed by atoms with Crippen molar-refractivity contribution in [2.75, 3.05) is 13.8 Å². The zero-order valence-electron chi connectivity index (χ0n) is 16.9. The maximum Gasteiger partial charge on any atom is 0.231 e. The molecule has 0 saturated carbocycles. The minimum Gasteiger partial charge on any atom is -0.489 e. The van der Waals surface area contributed by atoms with Crippen molar-refractivity contribution in [2.24, 2.45) is 0 Å². The molecule has 0 amide bonds. The quantitative estimate of drug-likeness (QED) is 0.568. The topological polar surface area (TPSA) is 43.8 Å². The number of rotatable bonds is 8. The molecule has 5 heteroatoms. The van der Waals surface area contributed by atoms with E-state index in [4.69, 9.17) is 14.2 Å². The fraction of sp³-hybridized carbons (Fsp3) is 0.292. The van der Waals surface area contributed by atoms with Gasteiger partial charge >= 0.3 is 0 Å². The van der Waals surface area contributed by atoms with E-state index in [-0.39, 0.29) is 6.79 Å². The summed E-state index contributed by atoms with van der Waals surface area (Å²) in [5, 5.41) is 0. The molecule has 3 aromatic rings. The Hall–Kier alpha value is -3.05. The van der Waals surface area contributed by atoms with Crippen LogP contribution in [-0.2, 0) is 19.6 Å². The van der Waals surface area contributed by atoms with Gasteiger partial charge in [0, 0.05) is 30.9 Å². The monoisotopic (exact) mass is 390 g/mol. The first kappa shape index (κ1) is 19.3. The molecule has 150 valence electrons. The first-order valence-corrected chi connectivity index (χ1v) is 9.88. The third kappa shape index (κ3) is 5.06. The van der Waals surface area contributed by atoms with Gasteiger partial charge in [0.25, 0.3) is 0 Å². The molecule has 1 aliphatic rings. The average Bonchev–Trinajstić information content (AvgIpc) is 3.22. The Morgan fingerprint density at radius 1 is 1.00 bits per heavy atom. The molecular weight excluding hydrogens is 364 g/mol. The number of pyridine rings is 1. The summed E-state index contributed by atoms with van der Waals surface area (Å²) in [5.41, 5.74) is 3.44. The maximum absolute atomic E-state index is 5.92. The van der Waals surface area contributed by atoms with E-state index in [1.54, 1.807) is 0 Å². The first-order valence-electron chi connectivity index (χ1n) is 9.88. The van der Waals surface area contributed by atoms with Crippen molar-refractivity contribution < 1.29 is 14.2 Å². The number of hydrogen-bond donors (Lipinski definition) is 0. The third-order valence-corrected chi connectivity index (χ3v) is 5.18. The maximum atomic E-state index is 5.92. The Morgan fingerprint density at radius 2 is 1.79 bits per heavy atom. The molecule has 0 N–H and O–H groups in total. The SMILES string of the molecule is C[C@@H](Cc1ccccn1)N(C)Cc1ccc(OCc2ccc3c(c2)OCO3)cc1. The fourth-order valence-electron chi connectivity index (χ4n) is 3.31. The second-order valence-corrected chi connectivity index (χ2v) is 7.41. The van der Waals surface area contributed by atoms with E-state index in [0.29, 0.717) is 12.6 Å². The van der Waals surface area contributed by atoms with Crippen LogP contribution < -0.4 is 14.2 Å². The highest BCUT2D eigenvalue weighted by molar-refractivity contribution is 5.44. The van der Waals surface area contributed by atoms with Gasteiger partial charge in [-0.15, -0.1) is 0 Å². The predicted molar refractivity (Wildman–Crippen MR) is 112 cm³/mol. The van der Waals surface area contributed by atoms with E-state index < -0.39 is 0 Å². The highest BCUT2D eigenvalue weighted by Gasteiger charge is 2.14. The molecule has 0 radical (unpaired) electrons. The number of aromatic nitrogens is 1. The Labute approximate surface area is 171 Å². The van der Waals surface area contributed by atoms with Gasteiger partial charge < -0.3 is 14.2 Å². The van der Waals surface area contributed by atoms with Crippen molar-refractivity contribution in [2.45, 2.75) is 32.5 Å². The van der Waals surface area contributed by atoms with Crippen LogP contribution in [0.2, 0.25) is 0 Å². The Balaban J connectivity index is 1.28. The number of likely N-dealkylation sites (N-methyl/N-ethyl adjacent to an activating group) is 1. The number of benzene rings is 2. The lowest BCUT2D eigenvalue weighted by molar-refractivity contribution is 0.174. The van der Waals surface area contributed by atoms with Gasteiger partial charge in [0.1, 0.15) is 12.4 Å². The largest absolute Gasteiger partial charge is 0.489 e. The summed E-state index contributed by atoms with van der Waals surface area (Å²) in [6.45, 7) is 3.90. The van der Waals surface area contributed by atoms with Crippen LogP contribution >= 0.6 is 0 Å². The van der Waals surface area contributed by atoms with Crippen LogP contribution in [0.15, 0.2) is 66.9 Å². The second-order valence-electron chi connectivity index (χ2n) is 7.41. The van der Waals surface area contributed by atoms with Crippen LogP contribution in [0.4, 0.5) is 0 Å². The third-order valence-electron chi connectivity index (χ3n) is 5.18. The van der Waals surface area contributed by atoms with Gasteiger partial charge in [0.05, 0.1) is 0 Å². The summed E-state index contributed by atoms with van der Waals surface area (Å²) < 4.78 is 16.7. The summed E-state index contributed by atoms with van der Waals surface area (Å²) in [5.74, 6) is 2.43. The zero-order chi connectivity index (χ0) is 20.1. The molecule has 0 saturated heterocycles. The molecule has 0 bridgehead atoms. The Morgan fingerprint density at radius 3 is 2.59 bits per heavy atom. The van der Waals surface area contributed by atoms with Crippen LogP contribution in [0.5, 0.6) is 17.2 Å². The number of hydrogen-bond acceptors (Lipinski definition) is 5. The Bertz CT molecular complexity index is 929. The molecule has 1 aliphatic heterocycles. The van der Waals surface area contributed by atoms with Crippen molar-refractivity contribution in [3.05, 3.63) is 83.7 Å². The Kier molecular flexibility index (Phi) is 5.96. The highest BCUT2D eigenvalue weighted by atomic mass is 16.7. The van der Waals surface area contributed by atoms with Crippen LogP contribution in [0, 0.1) is 0 Å². The van der Waals surface area contributed by atoms with E-state index in [1.807, 2.05) is 48.7 Å². The molecule has 4 rings (SSSR count). The smallest absolute Gasteiger partial charge is 0.231 e. The van der Waals surface area contributed by atoms with E-state index in [0.717, 1.165) is 41.5 Å². The molecule has 1 aromatic heterocycles. The van der Waals surface area contributed by atoms with Crippen LogP contribution in [0.25, 0.3) is 0 Å². The van der Waals surface area contributed by atoms with E-state index in [9.17, 15) is 0 Å². The predicted octanol–water partition coefficient (Wildman–Crippen LogP) is 4.45. The molecule has 2 aromatic carbocycles. The van der Waals surface area contributed by atoms with Gasteiger partial charge in [0.2, 0.25) is 6.79 Å². The van der Waals surface area contributed by atoms with E-state index in [1.165, 1.54) is 5.56 Å². The van der Waals surface area contributed by atoms with Gasteiger partial charge in [-0.2, -0.15) is 0 Å². The number of nitrogens with zero attached hydrogens (tertiary/aromatic N) is 2. The summed E-state index contributed by atoms with van der Waals surface area (Å²) in [6.07, 6.45) is 2.79. The molecule has 29 heavy (non-hydrogen) atoms. The lowest BCUT2D eigenvalue weighted by Crippen LogP contribution is -2.30. The molecule has 0 aliphatic carbocycles. The van der Waals surface area contributed by atoms with Gasteiger partial charge in [0.15, 0.2) is 11.5 Å². The number of ether oxygens (including phenoxy) is 3. The summed E-state index contributed by atoms with van der Waals surface area (Å²) in [6, 6.07) is 20.7. The second kappa shape index (κ2) is 8.97. The van der Waals surface area contributed by atoms with Crippen molar-refractivity contribution in [1.82, 2.24) is 9.88 Å². The van der Waals surface area contributed by atoms with Crippen molar-refractivity contribution in [3.63, 3.8) is 0 Å². The molecule has 2 heterocycles. The molecule has 1 atom stereocenters. The molecule has 0 unspecified atom stereocenters.